The zero-order chi connectivity index (χ0) is 15.0. The van der Waals surface area contributed by atoms with Gasteiger partial charge in [-0.25, -0.2) is 4.98 Å². The molecule has 0 fully saturated rings. The van der Waals surface area contributed by atoms with Gasteiger partial charge in [0.15, 0.2) is 0 Å². The van der Waals surface area contributed by atoms with Crippen molar-refractivity contribution in [1.29, 1.82) is 0 Å². The van der Waals surface area contributed by atoms with E-state index in [2.05, 4.69) is 51.2 Å². The molecule has 1 unspecified atom stereocenters. The fraction of sp³-hybridized carbons (Fsp3) is 0.500. The number of nitrogens with zero attached hydrogens (tertiary/aromatic N) is 1. The third-order valence-corrected chi connectivity index (χ3v) is 5.74. The largest absolute Gasteiger partial charge is 0.302 e. The van der Waals surface area contributed by atoms with Crippen LogP contribution < -0.4 is 5.32 Å². The number of nitrogens with one attached hydrogen (secondary N) is 1. The van der Waals surface area contributed by atoms with Gasteiger partial charge in [0.2, 0.25) is 0 Å². The van der Waals surface area contributed by atoms with Crippen molar-refractivity contribution in [3.05, 3.63) is 50.5 Å². The maximum atomic E-state index is 4.99. The van der Waals surface area contributed by atoms with Crippen molar-refractivity contribution in [3.63, 3.8) is 0 Å². The minimum absolute atomic E-state index is 0.0705. The number of aromatic nitrogens is 1. The molecule has 0 radical (unpaired) electrons. The van der Waals surface area contributed by atoms with Crippen molar-refractivity contribution in [1.82, 2.24) is 10.3 Å². The molecule has 0 saturated carbocycles. The zero-order valence-corrected chi connectivity index (χ0v) is 14.2. The van der Waals surface area contributed by atoms with Gasteiger partial charge in [0.25, 0.3) is 0 Å². The average Bonchev–Trinajstić information content (AvgIpc) is 3.01. The van der Waals surface area contributed by atoms with E-state index in [1.54, 1.807) is 0 Å². The lowest BCUT2D eigenvalue weighted by Crippen LogP contribution is -2.41. The van der Waals surface area contributed by atoms with Gasteiger partial charge in [0.05, 0.1) is 11.2 Å². The number of rotatable bonds is 4. The molecule has 0 aliphatic heterocycles. The standard InChI is InChI=1S/C18H24N2S/c1-5-16-13(4)21-17(20-16)18(19-6-2)10-9-14-8-7-12(3)11-15(14)18/h7-8,11,19H,5-6,9-10H2,1-4H3. The van der Waals surface area contributed by atoms with Gasteiger partial charge in [-0.1, -0.05) is 37.6 Å². The van der Waals surface area contributed by atoms with E-state index in [0.29, 0.717) is 0 Å². The first-order valence-electron chi connectivity index (χ1n) is 7.92. The molecule has 0 amide bonds. The Morgan fingerprint density at radius 3 is 2.76 bits per heavy atom. The van der Waals surface area contributed by atoms with Crippen LogP contribution in [-0.4, -0.2) is 11.5 Å². The highest BCUT2D eigenvalue weighted by molar-refractivity contribution is 7.11. The first kappa shape index (κ1) is 14.7. The Labute approximate surface area is 131 Å². The van der Waals surface area contributed by atoms with Crippen LogP contribution in [0.15, 0.2) is 18.2 Å². The van der Waals surface area contributed by atoms with Crippen molar-refractivity contribution in [2.75, 3.05) is 6.54 Å². The maximum Gasteiger partial charge on any atom is 0.118 e. The summed E-state index contributed by atoms with van der Waals surface area (Å²) in [4.78, 5) is 6.35. The van der Waals surface area contributed by atoms with Crippen LogP contribution in [0.5, 0.6) is 0 Å². The second-order valence-corrected chi connectivity index (χ2v) is 7.17. The summed E-state index contributed by atoms with van der Waals surface area (Å²) in [7, 11) is 0. The van der Waals surface area contributed by atoms with Crippen LogP contribution in [0.4, 0.5) is 0 Å². The summed E-state index contributed by atoms with van der Waals surface area (Å²) >= 11 is 1.87. The Bertz CT molecular complexity index is 655. The molecule has 3 rings (SSSR count). The van der Waals surface area contributed by atoms with E-state index in [9.17, 15) is 0 Å². The molecule has 3 heteroatoms. The number of aryl methyl sites for hydroxylation is 4. The van der Waals surface area contributed by atoms with E-state index in [1.807, 2.05) is 11.3 Å². The highest BCUT2D eigenvalue weighted by Gasteiger charge is 2.42. The number of hydrogen-bond acceptors (Lipinski definition) is 3. The second-order valence-electron chi connectivity index (χ2n) is 5.97. The van der Waals surface area contributed by atoms with Gasteiger partial charge in [-0.3, -0.25) is 0 Å². The Morgan fingerprint density at radius 1 is 1.29 bits per heavy atom. The number of hydrogen-bond donors (Lipinski definition) is 1. The predicted molar refractivity (Wildman–Crippen MR) is 90.2 cm³/mol. The quantitative estimate of drug-likeness (QED) is 0.918. The SMILES string of the molecule is CCNC1(c2nc(CC)c(C)s2)CCc2ccc(C)cc21. The third-order valence-electron chi connectivity index (χ3n) is 4.57. The van der Waals surface area contributed by atoms with Gasteiger partial charge in [0.1, 0.15) is 5.01 Å². The van der Waals surface area contributed by atoms with E-state index in [1.165, 1.54) is 32.3 Å². The lowest BCUT2D eigenvalue weighted by molar-refractivity contribution is 0.407. The molecule has 1 aliphatic rings. The lowest BCUT2D eigenvalue weighted by atomic mass is 9.91. The summed E-state index contributed by atoms with van der Waals surface area (Å²) in [6, 6.07) is 6.88. The average molecular weight is 300 g/mol. The number of thiazole rings is 1. The first-order valence-corrected chi connectivity index (χ1v) is 8.74. The number of fused-ring (bicyclic) bond motifs is 1. The minimum atomic E-state index is -0.0705. The number of benzene rings is 1. The van der Waals surface area contributed by atoms with Crippen molar-refractivity contribution < 1.29 is 0 Å². The lowest BCUT2D eigenvalue weighted by Gasteiger charge is -2.29. The fourth-order valence-electron chi connectivity index (χ4n) is 3.48. The molecule has 2 nitrogen and oxygen atoms in total. The highest BCUT2D eigenvalue weighted by Crippen LogP contribution is 2.44. The summed E-state index contributed by atoms with van der Waals surface area (Å²) < 4.78 is 0. The van der Waals surface area contributed by atoms with Crippen LogP contribution in [0.1, 0.15) is 52.5 Å². The molecular weight excluding hydrogens is 276 g/mol. The molecule has 0 spiro atoms. The molecule has 1 N–H and O–H groups in total. The summed E-state index contributed by atoms with van der Waals surface area (Å²) in [5.74, 6) is 0. The van der Waals surface area contributed by atoms with Crippen LogP contribution in [0.25, 0.3) is 0 Å². The maximum absolute atomic E-state index is 4.99. The smallest absolute Gasteiger partial charge is 0.118 e. The van der Waals surface area contributed by atoms with E-state index >= 15 is 0 Å². The van der Waals surface area contributed by atoms with Crippen LogP contribution in [-0.2, 0) is 18.4 Å². The summed E-state index contributed by atoms with van der Waals surface area (Å²) in [5.41, 5.74) is 5.45. The molecule has 1 heterocycles. The van der Waals surface area contributed by atoms with Crippen molar-refractivity contribution in [3.8, 4) is 0 Å². The van der Waals surface area contributed by atoms with Crippen LogP contribution >= 0.6 is 11.3 Å². The fourth-order valence-corrected chi connectivity index (χ4v) is 4.70. The third kappa shape index (κ3) is 2.33. The Hall–Kier alpha value is -1.19. The first-order chi connectivity index (χ1) is 10.1. The Balaban J connectivity index is 2.16. The Kier molecular flexibility index (Phi) is 3.89. The molecule has 0 bridgehead atoms. The molecule has 1 aromatic carbocycles. The minimum Gasteiger partial charge on any atom is -0.302 e. The van der Waals surface area contributed by atoms with Crippen LogP contribution in [0.3, 0.4) is 0 Å². The van der Waals surface area contributed by atoms with Crippen LogP contribution in [0.2, 0.25) is 0 Å². The predicted octanol–water partition coefficient (Wildman–Crippen LogP) is 4.12. The summed E-state index contributed by atoms with van der Waals surface area (Å²) in [6.45, 7) is 9.73. The van der Waals surface area contributed by atoms with E-state index in [-0.39, 0.29) is 5.54 Å². The van der Waals surface area contributed by atoms with Gasteiger partial charge < -0.3 is 5.32 Å². The molecule has 112 valence electrons. The monoisotopic (exact) mass is 300 g/mol. The van der Waals surface area contributed by atoms with Gasteiger partial charge >= 0.3 is 0 Å². The summed E-state index contributed by atoms with van der Waals surface area (Å²) in [6.07, 6.45) is 3.28. The van der Waals surface area contributed by atoms with E-state index < -0.39 is 0 Å². The molecule has 1 aromatic heterocycles. The molecule has 1 aliphatic carbocycles. The normalized spacial score (nSPS) is 20.8. The van der Waals surface area contributed by atoms with Crippen molar-refractivity contribution in [2.24, 2.45) is 0 Å². The summed E-state index contributed by atoms with van der Waals surface area (Å²) in [5, 5.41) is 5.02. The molecular formula is C18H24N2S. The Morgan fingerprint density at radius 2 is 2.10 bits per heavy atom. The molecule has 21 heavy (non-hydrogen) atoms. The van der Waals surface area contributed by atoms with Gasteiger partial charge in [-0.2, -0.15) is 0 Å². The van der Waals surface area contributed by atoms with Gasteiger partial charge in [-0.15, -0.1) is 11.3 Å². The highest BCUT2D eigenvalue weighted by atomic mass is 32.1. The van der Waals surface area contributed by atoms with Gasteiger partial charge in [0, 0.05) is 4.88 Å². The van der Waals surface area contributed by atoms with E-state index in [4.69, 9.17) is 4.98 Å². The topological polar surface area (TPSA) is 24.9 Å². The van der Waals surface area contributed by atoms with E-state index in [0.717, 1.165) is 25.8 Å². The van der Waals surface area contributed by atoms with Crippen molar-refractivity contribution >= 4 is 11.3 Å². The second kappa shape index (κ2) is 5.54. The van der Waals surface area contributed by atoms with Crippen LogP contribution in [0, 0.1) is 13.8 Å². The molecule has 1 atom stereocenters. The van der Waals surface area contributed by atoms with Gasteiger partial charge in [-0.05, 0) is 50.8 Å². The zero-order valence-electron chi connectivity index (χ0n) is 13.4. The molecule has 2 aromatic rings. The molecule has 0 saturated heterocycles. The van der Waals surface area contributed by atoms with Crippen molar-refractivity contribution in [2.45, 2.75) is 52.5 Å².